The maximum absolute atomic E-state index is 13.4. The second-order valence-corrected chi connectivity index (χ2v) is 5.39. The van der Waals surface area contributed by atoms with Gasteiger partial charge in [0.05, 0.1) is 5.56 Å². The maximum atomic E-state index is 13.4. The van der Waals surface area contributed by atoms with E-state index in [1.54, 1.807) is 12.3 Å². The summed E-state index contributed by atoms with van der Waals surface area (Å²) in [6.45, 7) is -0.420. The van der Waals surface area contributed by atoms with Gasteiger partial charge in [0.1, 0.15) is 0 Å². The van der Waals surface area contributed by atoms with Crippen LogP contribution in [0.3, 0.4) is 0 Å². The van der Waals surface area contributed by atoms with Gasteiger partial charge >= 0.3 is 0 Å². The van der Waals surface area contributed by atoms with Gasteiger partial charge in [-0.25, -0.2) is 4.39 Å². The number of nitrogens with zero attached hydrogens (tertiary/aromatic N) is 1. The third-order valence-corrected chi connectivity index (χ3v) is 3.65. The molecule has 25 heavy (non-hydrogen) atoms. The number of nitrogens with one attached hydrogen (secondary N) is 2. The molecular weight excluding hydrogens is 325 g/mol. The molecule has 0 atom stereocenters. The quantitative estimate of drug-likeness (QED) is 0.714. The Balaban J connectivity index is 1.58. The smallest absolute Gasteiger partial charge is 0.276 e. The van der Waals surface area contributed by atoms with Gasteiger partial charge in [-0.15, -0.1) is 0 Å². The average molecular weight is 341 g/mol. The number of halogens is 1. The Morgan fingerprint density at radius 2 is 1.80 bits per heavy atom. The highest BCUT2D eigenvalue weighted by atomic mass is 19.1. The van der Waals surface area contributed by atoms with Crippen molar-refractivity contribution >= 4 is 22.7 Å². The molecule has 0 spiro atoms. The average Bonchev–Trinajstić information content (AvgIpc) is 2.96. The number of benzene rings is 2. The number of amides is 2. The molecule has 1 heterocycles. The van der Waals surface area contributed by atoms with Gasteiger partial charge in [-0.05, 0) is 18.2 Å². The van der Waals surface area contributed by atoms with Crippen molar-refractivity contribution in [1.82, 2.24) is 15.4 Å². The summed E-state index contributed by atoms with van der Waals surface area (Å²) in [5, 5.41) is 0.777. The Kier molecular flexibility index (Phi) is 4.65. The number of aryl methyl sites for hydroxylation is 1. The fourth-order valence-electron chi connectivity index (χ4n) is 2.46. The molecule has 0 aliphatic carbocycles. The van der Waals surface area contributed by atoms with Crippen molar-refractivity contribution < 1.29 is 18.7 Å². The molecule has 0 saturated carbocycles. The van der Waals surface area contributed by atoms with Crippen molar-refractivity contribution in [3.8, 4) is 5.75 Å². The zero-order valence-electron chi connectivity index (χ0n) is 13.5. The van der Waals surface area contributed by atoms with E-state index in [0.717, 1.165) is 10.9 Å². The van der Waals surface area contributed by atoms with Crippen LogP contribution in [0.25, 0.3) is 10.9 Å². The summed E-state index contributed by atoms with van der Waals surface area (Å²) in [6.07, 6.45) is 1.68. The number of para-hydroxylation sites is 2. The Hall–Kier alpha value is -3.35. The summed E-state index contributed by atoms with van der Waals surface area (Å²) >= 11 is 0. The first-order chi connectivity index (χ1) is 12.1. The molecule has 2 amide bonds. The topological polar surface area (TPSA) is 72.4 Å². The third-order valence-electron chi connectivity index (χ3n) is 3.65. The van der Waals surface area contributed by atoms with Crippen molar-refractivity contribution in [1.29, 1.82) is 0 Å². The van der Waals surface area contributed by atoms with Gasteiger partial charge in [0.2, 0.25) is 0 Å². The van der Waals surface area contributed by atoms with E-state index >= 15 is 0 Å². The molecule has 2 N–H and O–H groups in total. The first kappa shape index (κ1) is 16.5. The van der Waals surface area contributed by atoms with Gasteiger partial charge in [-0.3, -0.25) is 20.4 Å². The number of hydrazine groups is 1. The van der Waals surface area contributed by atoms with Crippen LogP contribution in [0.2, 0.25) is 0 Å². The number of ether oxygens (including phenoxy) is 1. The summed E-state index contributed by atoms with van der Waals surface area (Å²) in [7, 11) is 1.83. The van der Waals surface area contributed by atoms with E-state index in [2.05, 4.69) is 10.9 Å². The fraction of sp³-hybridized carbons (Fsp3) is 0.111. The zero-order valence-corrected chi connectivity index (χ0v) is 13.5. The Morgan fingerprint density at radius 3 is 2.60 bits per heavy atom. The van der Waals surface area contributed by atoms with E-state index in [4.69, 9.17) is 4.74 Å². The van der Waals surface area contributed by atoms with Crippen molar-refractivity contribution in [3.05, 3.63) is 66.1 Å². The second kappa shape index (κ2) is 7.04. The number of carbonyl (C=O) groups is 2. The molecule has 2 aromatic carbocycles. The molecular formula is C18H16FN3O3. The third kappa shape index (κ3) is 3.60. The van der Waals surface area contributed by atoms with Crippen LogP contribution in [0.1, 0.15) is 10.4 Å². The van der Waals surface area contributed by atoms with E-state index in [0.29, 0.717) is 5.56 Å². The normalized spacial score (nSPS) is 10.5. The molecule has 0 saturated heterocycles. The summed E-state index contributed by atoms with van der Waals surface area (Å²) in [5.74, 6) is -1.64. The van der Waals surface area contributed by atoms with E-state index in [9.17, 15) is 14.0 Å². The highest BCUT2D eigenvalue weighted by Crippen LogP contribution is 2.19. The molecule has 0 bridgehead atoms. The number of aromatic nitrogens is 1. The van der Waals surface area contributed by atoms with Crippen LogP contribution in [0.15, 0.2) is 54.7 Å². The van der Waals surface area contributed by atoms with Crippen molar-refractivity contribution in [2.75, 3.05) is 6.61 Å². The lowest BCUT2D eigenvalue weighted by molar-refractivity contribution is -0.123. The van der Waals surface area contributed by atoms with Crippen molar-refractivity contribution in [3.63, 3.8) is 0 Å². The number of fused-ring (bicyclic) bond motifs is 1. The summed E-state index contributed by atoms with van der Waals surface area (Å²) in [6, 6.07) is 13.2. The molecule has 3 aromatic rings. The zero-order chi connectivity index (χ0) is 17.8. The van der Waals surface area contributed by atoms with Crippen molar-refractivity contribution in [2.45, 2.75) is 0 Å². The lowest BCUT2D eigenvalue weighted by atomic mass is 10.2. The molecule has 128 valence electrons. The SMILES string of the molecule is Cn1cc(C(=O)NNC(=O)COc2ccccc2F)c2ccccc21. The molecule has 7 heteroatoms. The molecule has 1 aromatic heterocycles. The van der Waals surface area contributed by atoms with Gasteiger partial charge in [-0.2, -0.15) is 0 Å². The van der Waals surface area contributed by atoms with Crippen LogP contribution in [0.4, 0.5) is 4.39 Å². The standard InChI is InChI=1S/C18H16FN3O3/c1-22-10-13(12-6-2-4-8-15(12)22)18(24)21-20-17(23)11-25-16-9-5-3-7-14(16)19/h2-10H,11H2,1H3,(H,20,23)(H,21,24). The Labute approximate surface area is 143 Å². The number of rotatable bonds is 4. The van der Waals surface area contributed by atoms with Gasteiger partial charge in [0.25, 0.3) is 11.8 Å². The molecule has 0 fully saturated rings. The monoisotopic (exact) mass is 341 g/mol. The Morgan fingerprint density at radius 1 is 1.08 bits per heavy atom. The van der Waals surface area contributed by atoms with Crippen LogP contribution in [0, 0.1) is 5.82 Å². The van der Waals surface area contributed by atoms with Gasteiger partial charge in [0.15, 0.2) is 18.2 Å². The fourth-order valence-corrected chi connectivity index (χ4v) is 2.46. The molecule has 0 radical (unpaired) electrons. The molecule has 0 aliphatic heterocycles. The Bertz CT molecular complexity index is 936. The van der Waals surface area contributed by atoms with Gasteiger partial charge in [-0.1, -0.05) is 30.3 Å². The number of hydrogen-bond acceptors (Lipinski definition) is 3. The predicted molar refractivity (Wildman–Crippen MR) is 90.4 cm³/mol. The number of hydrogen-bond donors (Lipinski definition) is 2. The van der Waals surface area contributed by atoms with E-state index < -0.39 is 24.2 Å². The van der Waals surface area contributed by atoms with Gasteiger partial charge in [0, 0.05) is 24.1 Å². The van der Waals surface area contributed by atoms with Crippen LogP contribution in [-0.2, 0) is 11.8 Å². The van der Waals surface area contributed by atoms with E-state index in [-0.39, 0.29) is 5.75 Å². The van der Waals surface area contributed by atoms with Crippen molar-refractivity contribution in [2.24, 2.45) is 7.05 Å². The van der Waals surface area contributed by atoms with E-state index in [1.807, 2.05) is 35.9 Å². The minimum absolute atomic E-state index is 0.0296. The highest BCUT2D eigenvalue weighted by molar-refractivity contribution is 6.07. The minimum Gasteiger partial charge on any atom is -0.481 e. The summed E-state index contributed by atoms with van der Waals surface area (Å²) in [4.78, 5) is 24.0. The first-order valence-electron chi connectivity index (χ1n) is 7.57. The van der Waals surface area contributed by atoms with Crippen LogP contribution in [-0.4, -0.2) is 23.0 Å². The second-order valence-electron chi connectivity index (χ2n) is 5.39. The lowest BCUT2D eigenvalue weighted by Gasteiger charge is -2.09. The maximum Gasteiger partial charge on any atom is 0.276 e. The van der Waals surface area contributed by atoms with Crippen LogP contribution >= 0.6 is 0 Å². The van der Waals surface area contributed by atoms with Crippen LogP contribution in [0.5, 0.6) is 5.75 Å². The molecule has 0 aliphatic rings. The van der Waals surface area contributed by atoms with Crippen LogP contribution < -0.4 is 15.6 Å². The summed E-state index contributed by atoms with van der Waals surface area (Å²) < 4.78 is 20.3. The molecule has 3 rings (SSSR count). The first-order valence-corrected chi connectivity index (χ1v) is 7.57. The predicted octanol–water partition coefficient (Wildman–Crippen LogP) is 2.16. The largest absolute Gasteiger partial charge is 0.481 e. The lowest BCUT2D eigenvalue weighted by Crippen LogP contribution is -2.43. The number of carbonyl (C=O) groups excluding carboxylic acids is 2. The minimum atomic E-state index is -0.600. The molecule has 0 unspecified atom stereocenters. The molecule has 6 nitrogen and oxygen atoms in total. The summed E-state index contributed by atoms with van der Waals surface area (Å²) in [5.41, 5.74) is 5.92. The highest BCUT2D eigenvalue weighted by Gasteiger charge is 2.14. The van der Waals surface area contributed by atoms with E-state index in [1.165, 1.54) is 18.2 Å². The van der Waals surface area contributed by atoms with Gasteiger partial charge < -0.3 is 9.30 Å².